The summed E-state index contributed by atoms with van der Waals surface area (Å²) in [6.45, 7) is 1.16. The lowest BCUT2D eigenvalue weighted by atomic mass is 10.1. The van der Waals surface area contributed by atoms with Gasteiger partial charge in [-0.1, -0.05) is 0 Å². The number of likely N-dealkylation sites (tertiary alicyclic amines) is 1. The van der Waals surface area contributed by atoms with E-state index >= 15 is 0 Å². The quantitative estimate of drug-likeness (QED) is 0.0299. The molecule has 4 unspecified atom stereocenters. The van der Waals surface area contributed by atoms with E-state index in [1.165, 1.54) is 4.90 Å². The molecule has 19 nitrogen and oxygen atoms in total. The van der Waals surface area contributed by atoms with Crippen molar-refractivity contribution in [1.29, 1.82) is 10.8 Å². The number of carbonyl (C=O) groups is 5. The number of hydrogen-bond acceptors (Lipinski definition) is 10. The summed E-state index contributed by atoms with van der Waals surface area (Å²) in [7, 11) is 0. The molecule has 0 spiro atoms. The molecule has 0 bridgehead atoms. The summed E-state index contributed by atoms with van der Waals surface area (Å²) in [5, 5.41) is 36.8. The van der Waals surface area contributed by atoms with E-state index in [1.807, 2.05) is 0 Å². The lowest BCUT2D eigenvalue weighted by Crippen LogP contribution is -2.58. The van der Waals surface area contributed by atoms with Crippen LogP contribution < -0.4 is 55.3 Å². The maximum absolute atomic E-state index is 13.3. The molecule has 19 heteroatoms. The molecule has 0 aromatic carbocycles. The van der Waals surface area contributed by atoms with Crippen LogP contribution in [0.15, 0.2) is 0 Å². The smallest absolute Gasteiger partial charge is 0.326 e. The first kappa shape index (κ1) is 39.8. The highest BCUT2D eigenvalue weighted by Crippen LogP contribution is 2.19. The van der Waals surface area contributed by atoms with Crippen LogP contribution in [-0.4, -0.2) is 114 Å². The first-order valence-corrected chi connectivity index (χ1v) is 15.6. The minimum atomic E-state index is -1.23. The monoisotopic (exact) mass is 655 g/mol. The van der Waals surface area contributed by atoms with Crippen LogP contribution >= 0.6 is 0 Å². The number of hydrogen-bond donors (Lipinski definition) is 13. The van der Waals surface area contributed by atoms with E-state index < -0.39 is 53.9 Å². The summed E-state index contributed by atoms with van der Waals surface area (Å²) in [6, 6.07) is -4.83. The van der Waals surface area contributed by atoms with E-state index in [4.69, 9.17) is 39.5 Å². The van der Waals surface area contributed by atoms with Crippen molar-refractivity contribution in [3.63, 3.8) is 0 Å². The summed E-state index contributed by atoms with van der Waals surface area (Å²) in [5.41, 5.74) is 28.2. The molecule has 4 amide bonds. The fourth-order valence-electron chi connectivity index (χ4n) is 4.86. The molecule has 0 radical (unpaired) electrons. The van der Waals surface area contributed by atoms with Crippen molar-refractivity contribution in [3.05, 3.63) is 0 Å². The van der Waals surface area contributed by atoms with Crippen molar-refractivity contribution in [1.82, 2.24) is 31.5 Å². The second-order valence-electron chi connectivity index (χ2n) is 11.2. The zero-order valence-corrected chi connectivity index (χ0v) is 26.3. The van der Waals surface area contributed by atoms with Gasteiger partial charge in [0, 0.05) is 32.7 Å². The van der Waals surface area contributed by atoms with Crippen LogP contribution in [0.25, 0.3) is 0 Å². The number of rotatable bonds is 22. The average Bonchev–Trinajstić information content (AvgIpc) is 3.50. The normalized spacial score (nSPS) is 16.8. The number of carboxylic acid groups (broad SMARTS) is 1. The van der Waals surface area contributed by atoms with Gasteiger partial charge in [0.15, 0.2) is 11.9 Å². The summed E-state index contributed by atoms with van der Waals surface area (Å²) < 4.78 is 0. The largest absolute Gasteiger partial charge is 0.480 e. The SMILES string of the molecule is N=C(N)NCCCCC(N)C(=O)NCCCC[C@H](N)C(=O)NC(CN)C(=O)N1CCCC1C(=O)NC(CCCNC(=N)N)C(=O)O. The molecule has 1 rings (SSSR count). The van der Waals surface area contributed by atoms with Crippen LogP contribution in [0.1, 0.15) is 64.2 Å². The summed E-state index contributed by atoms with van der Waals surface area (Å²) >= 11 is 0. The number of guanidine groups is 2. The zero-order chi connectivity index (χ0) is 34.6. The number of unbranched alkanes of at least 4 members (excludes halogenated alkanes) is 2. The van der Waals surface area contributed by atoms with Gasteiger partial charge in [0.1, 0.15) is 18.1 Å². The van der Waals surface area contributed by atoms with Crippen LogP contribution in [-0.2, 0) is 24.0 Å². The molecule has 1 heterocycles. The predicted molar refractivity (Wildman–Crippen MR) is 171 cm³/mol. The molecule has 262 valence electrons. The Morgan fingerprint density at radius 3 is 1.85 bits per heavy atom. The minimum absolute atomic E-state index is 0.0867. The van der Waals surface area contributed by atoms with Crippen molar-refractivity contribution in [2.45, 2.75) is 94.4 Å². The molecule has 0 aliphatic carbocycles. The number of aliphatic carboxylic acids is 1. The first-order chi connectivity index (χ1) is 21.8. The van der Waals surface area contributed by atoms with Crippen molar-refractivity contribution in [2.24, 2.45) is 28.7 Å². The number of carbonyl (C=O) groups excluding carboxylic acids is 4. The molecule has 18 N–H and O–H groups in total. The lowest BCUT2D eigenvalue weighted by molar-refractivity contribution is -0.145. The maximum Gasteiger partial charge on any atom is 0.326 e. The van der Waals surface area contributed by atoms with E-state index in [1.54, 1.807) is 0 Å². The Labute approximate surface area is 268 Å². The van der Waals surface area contributed by atoms with Gasteiger partial charge in [-0.25, -0.2) is 4.79 Å². The van der Waals surface area contributed by atoms with Crippen LogP contribution in [0.4, 0.5) is 0 Å². The van der Waals surface area contributed by atoms with Gasteiger partial charge < -0.3 is 65.3 Å². The highest BCUT2D eigenvalue weighted by Gasteiger charge is 2.38. The molecule has 46 heavy (non-hydrogen) atoms. The average molecular weight is 656 g/mol. The first-order valence-electron chi connectivity index (χ1n) is 15.6. The summed E-state index contributed by atoms with van der Waals surface area (Å²) in [4.78, 5) is 64.1. The molecule has 1 aliphatic heterocycles. The standard InChI is InChI=1S/C27H53N13O6/c28-15-19(24(44)40-14-6-10-20(40)23(43)38-18(25(45)46)9-5-13-37-27(33)34)39-22(42)17(30)8-1-3-11-35-21(41)16(29)7-2-4-12-36-26(31)32/h16-20H,1-15,28-30H2,(H,35,41)(H,38,43)(H,39,42)(H,45,46)(H4,31,32,36)(H4,33,34,37)/t16?,17-,18?,19?,20?/m0/s1. The molecule has 1 saturated heterocycles. The third-order valence-electron chi connectivity index (χ3n) is 7.46. The Kier molecular flexibility index (Phi) is 18.6. The zero-order valence-electron chi connectivity index (χ0n) is 26.3. The molecule has 0 saturated carbocycles. The van der Waals surface area contributed by atoms with Crippen LogP contribution in [0.3, 0.4) is 0 Å². The van der Waals surface area contributed by atoms with Crippen LogP contribution in [0.2, 0.25) is 0 Å². The fourth-order valence-corrected chi connectivity index (χ4v) is 4.86. The molecular formula is C27H53N13O6. The van der Waals surface area contributed by atoms with Gasteiger partial charge in [-0.15, -0.1) is 0 Å². The van der Waals surface area contributed by atoms with E-state index in [2.05, 4.69) is 26.6 Å². The molecule has 0 aromatic heterocycles. The maximum atomic E-state index is 13.3. The van der Waals surface area contributed by atoms with Crippen molar-refractivity contribution < 1.29 is 29.1 Å². The number of nitrogens with one attached hydrogen (secondary N) is 7. The van der Waals surface area contributed by atoms with Crippen molar-refractivity contribution in [3.8, 4) is 0 Å². The second-order valence-corrected chi connectivity index (χ2v) is 11.2. The van der Waals surface area contributed by atoms with Gasteiger partial charge >= 0.3 is 5.97 Å². The Morgan fingerprint density at radius 1 is 0.761 bits per heavy atom. The van der Waals surface area contributed by atoms with Gasteiger partial charge in [0.2, 0.25) is 23.6 Å². The molecular weight excluding hydrogens is 602 g/mol. The van der Waals surface area contributed by atoms with E-state index in [0.29, 0.717) is 58.0 Å². The summed E-state index contributed by atoms with van der Waals surface area (Å²) in [5.74, 6) is -3.62. The van der Waals surface area contributed by atoms with E-state index in [-0.39, 0.29) is 50.3 Å². The highest BCUT2D eigenvalue weighted by atomic mass is 16.4. The van der Waals surface area contributed by atoms with Gasteiger partial charge in [-0.05, 0) is 64.2 Å². The third-order valence-corrected chi connectivity index (χ3v) is 7.46. The number of nitrogens with two attached hydrogens (primary N) is 5. The van der Waals surface area contributed by atoms with Crippen LogP contribution in [0.5, 0.6) is 0 Å². The topological polar surface area (TPSA) is 347 Å². The molecule has 1 aliphatic rings. The van der Waals surface area contributed by atoms with Crippen molar-refractivity contribution >= 4 is 41.5 Å². The lowest BCUT2D eigenvalue weighted by Gasteiger charge is -2.29. The van der Waals surface area contributed by atoms with Gasteiger partial charge in [-0.3, -0.25) is 30.0 Å². The molecule has 5 atom stereocenters. The number of amides is 4. The minimum Gasteiger partial charge on any atom is -0.480 e. The highest BCUT2D eigenvalue weighted by molar-refractivity contribution is 5.94. The number of carboxylic acids is 1. The van der Waals surface area contributed by atoms with Gasteiger partial charge in [0.05, 0.1) is 12.1 Å². The predicted octanol–water partition coefficient (Wildman–Crippen LogP) is -4.15. The summed E-state index contributed by atoms with van der Waals surface area (Å²) in [6.07, 6.45) is 4.52. The Morgan fingerprint density at radius 2 is 1.30 bits per heavy atom. The van der Waals surface area contributed by atoms with Gasteiger partial charge in [0.25, 0.3) is 0 Å². The van der Waals surface area contributed by atoms with Gasteiger partial charge in [-0.2, -0.15) is 0 Å². The van der Waals surface area contributed by atoms with E-state index in [9.17, 15) is 29.1 Å². The van der Waals surface area contributed by atoms with E-state index in [0.717, 1.165) is 6.42 Å². The second kappa shape index (κ2) is 21.5. The Balaban J connectivity index is 2.49. The Hall–Kier alpha value is -4.23. The Bertz CT molecular complexity index is 1050. The molecule has 1 fully saturated rings. The molecule has 0 aromatic rings. The fraction of sp³-hybridized carbons (Fsp3) is 0.741. The number of nitrogens with zero attached hydrogens (tertiary/aromatic N) is 1. The van der Waals surface area contributed by atoms with Crippen molar-refractivity contribution in [2.75, 3.05) is 32.7 Å². The van der Waals surface area contributed by atoms with Crippen LogP contribution in [0, 0.1) is 10.8 Å². The third kappa shape index (κ3) is 15.2.